The number of nitrogens with one attached hydrogen (secondary N) is 2. The smallest absolute Gasteiger partial charge is 0.350 e. The molecule has 0 atom stereocenters. The van der Waals surface area contributed by atoms with Gasteiger partial charge in [-0.05, 0) is 24.4 Å². The molecule has 2 N–H and O–H groups in total. The van der Waals surface area contributed by atoms with E-state index < -0.39 is 5.97 Å². The SMILES string of the molecule is CCCNCC(=O)Nc1ccsc1C(=O)OC. The minimum atomic E-state index is -0.434. The molecule has 5 nitrogen and oxygen atoms in total. The predicted octanol–water partition coefficient (Wildman–Crippen LogP) is 1.47. The molecule has 0 aliphatic rings. The Labute approximate surface area is 104 Å². The highest BCUT2D eigenvalue weighted by Gasteiger charge is 2.14. The first-order chi connectivity index (χ1) is 8.19. The van der Waals surface area contributed by atoms with Crippen LogP contribution in [0.2, 0.25) is 0 Å². The molecule has 1 amide bonds. The number of amides is 1. The summed E-state index contributed by atoms with van der Waals surface area (Å²) < 4.78 is 4.62. The molecular weight excluding hydrogens is 240 g/mol. The standard InChI is InChI=1S/C11H16N2O3S/c1-3-5-12-7-9(14)13-8-4-6-17-10(8)11(15)16-2/h4,6,12H,3,5,7H2,1-2H3,(H,13,14). The average Bonchev–Trinajstić information content (AvgIpc) is 2.76. The van der Waals surface area contributed by atoms with Gasteiger partial charge in [0.2, 0.25) is 5.91 Å². The summed E-state index contributed by atoms with van der Waals surface area (Å²) in [6, 6.07) is 1.69. The third-order valence-electron chi connectivity index (χ3n) is 2.02. The molecule has 0 fully saturated rings. The Morgan fingerprint density at radius 3 is 2.88 bits per heavy atom. The lowest BCUT2D eigenvalue weighted by atomic mass is 10.3. The van der Waals surface area contributed by atoms with Crippen molar-refractivity contribution in [3.63, 3.8) is 0 Å². The van der Waals surface area contributed by atoms with Crippen LogP contribution in [-0.4, -0.2) is 32.1 Å². The van der Waals surface area contributed by atoms with E-state index in [9.17, 15) is 9.59 Å². The van der Waals surface area contributed by atoms with Crippen LogP contribution >= 0.6 is 11.3 Å². The Morgan fingerprint density at radius 1 is 1.47 bits per heavy atom. The van der Waals surface area contributed by atoms with Gasteiger partial charge in [-0.2, -0.15) is 0 Å². The first kappa shape index (κ1) is 13.7. The number of thiophene rings is 1. The molecule has 6 heteroatoms. The van der Waals surface area contributed by atoms with Crippen LogP contribution in [0.3, 0.4) is 0 Å². The van der Waals surface area contributed by atoms with E-state index in [0.29, 0.717) is 10.6 Å². The average molecular weight is 256 g/mol. The van der Waals surface area contributed by atoms with Gasteiger partial charge in [-0.3, -0.25) is 4.79 Å². The maximum atomic E-state index is 11.5. The van der Waals surface area contributed by atoms with E-state index in [-0.39, 0.29) is 12.5 Å². The third kappa shape index (κ3) is 4.16. The van der Waals surface area contributed by atoms with Gasteiger partial charge in [-0.1, -0.05) is 6.92 Å². The fourth-order valence-corrected chi connectivity index (χ4v) is 2.00. The molecule has 0 unspecified atom stereocenters. The van der Waals surface area contributed by atoms with Crippen LogP contribution in [0.15, 0.2) is 11.4 Å². The zero-order valence-electron chi connectivity index (χ0n) is 9.91. The molecule has 0 aliphatic heterocycles. The van der Waals surface area contributed by atoms with Crippen LogP contribution in [0.4, 0.5) is 5.69 Å². The number of anilines is 1. The van der Waals surface area contributed by atoms with Gasteiger partial charge < -0.3 is 15.4 Å². The Balaban J connectivity index is 2.53. The molecule has 1 heterocycles. The number of rotatable bonds is 6. The lowest BCUT2D eigenvalue weighted by Crippen LogP contribution is -2.28. The molecule has 1 aromatic rings. The third-order valence-corrected chi connectivity index (χ3v) is 2.92. The second-order valence-corrected chi connectivity index (χ2v) is 4.30. The molecule has 0 saturated heterocycles. The quantitative estimate of drug-likeness (QED) is 0.597. The van der Waals surface area contributed by atoms with Crippen LogP contribution in [0.25, 0.3) is 0 Å². The van der Waals surface area contributed by atoms with Gasteiger partial charge in [-0.15, -0.1) is 11.3 Å². The molecule has 17 heavy (non-hydrogen) atoms. The first-order valence-electron chi connectivity index (χ1n) is 5.35. The van der Waals surface area contributed by atoms with Crippen molar-refractivity contribution >= 4 is 28.9 Å². The molecular formula is C11H16N2O3S. The summed E-state index contributed by atoms with van der Waals surface area (Å²) in [5.41, 5.74) is 0.505. The second kappa shape index (κ2) is 7.03. The van der Waals surface area contributed by atoms with E-state index in [1.165, 1.54) is 18.4 Å². The number of hydrogen-bond acceptors (Lipinski definition) is 5. The molecule has 94 valence electrons. The van der Waals surface area contributed by atoms with Gasteiger partial charge in [0.1, 0.15) is 4.88 Å². The largest absolute Gasteiger partial charge is 0.465 e. The van der Waals surface area contributed by atoms with Crippen molar-refractivity contribution in [3.8, 4) is 0 Å². The molecule has 0 spiro atoms. The van der Waals surface area contributed by atoms with Crippen molar-refractivity contribution < 1.29 is 14.3 Å². The second-order valence-electron chi connectivity index (χ2n) is 3.38. The summed E-state index contributed by atoms with van der Waals surface area (Å²) in [6.07, 6.45) is 0.971. The van der Waals surface area contributed by atoms with E-state index in [1.807, 2.05) is 6.92 Å². The summed E-state index contributed by atoms with van der Waals surface area (Å²) in [4.78, 5) is 23.3. The normalized spacial score (nSPS) is 10.0. The molecule has 1 aromatic heterocycles. The zero-order valence-corrected chi connectivity index (χ0v) is 10.7. The number of esters is 1. The Morgan fingerprint density at radius 2 is 2.24 bits per heavy atom. The fraction of sp³-hybridized carbons (Fsp3) is 0.455. The first-order valence-corrected chi connectivity index (χ1v) is 6.23. The number of carbonyl (C=O) groups excluding carboxylic acids is 2. The highest BCUT2D eigenvalue weighted by atomic mass is 32.1. The van der Waals surface area contributed by atoms with Gasteiger partial charge >= 0.3 is 5.97 Å². The van der Waals surface area contributed by atoms with Crippen molar-refractivity contribution in [3.05, 3.63) is 16.3 Å². The summed E-state index contributed by atoms with van der Waals surface area (Å²) in [6.45, 7) is 3.06. The van der Waals surface area contributed by atoms with Crippen molar-refractivity contribution in [2.24, 2.45) is 0 Å². The van der Waals surface area contributed by atoms with Crippen LogP contribution in [0.5, 0.6) is 0 Å². The lowest BCUT2D eigenvalue weighted by Gasteiger charge is -2.06. The minimum Gasteiger partial charge on any atom is -0.465 e. The number of carbonyl (C=O) groups is 2. The monoisotopic (exact) mass is 256 g/mol. The topological polar surface area (TPSA) is 67.4 Å². The Kier molecular flexibility index (Phi) is 5.65. The van der Waals surface area contributed by atoms with E-state index >= 15 is 0 Å². The van der Waals surface area contributed by atoms with Gasteiger partial charge in [0.25, 0.3) is 0 Å². The highest BCUT2D eigenvalue weighted by molar-refractivity contribution is 7.12. The maximum Gasteiger partial charge on any atom is 0.350 e. The molecule has 1 rings (SSSR count). The van der Waals surface area contributed by atoms with Crippen LogP contribution in [-0.2, 0) is 9.53 Å². The predicted molar refractivity (Wildman–Crippen MR) is 67.4 cm³/mol. The van der Waals surface area contributed by atoms with Crippen LogP contribution < -0.4 is 10.6 Å². The van der Waals surface area contributed by atoms with E-state index in [2.05, 4.69) is 15.4 Å². The lowest BCUT2D eigenvalue weighted by molar-refractivity contribution is -0.115. The molecule has 0 saturated carbocycles. The van der Waals surface area contributed by atoms with Gasteiger partial charge in [0.15, 0.2) is 0 Å². The maximum absolute atomic E-state index is 11.5. The molecule has 0 aromatic carbocycles. The Hall–Kier alpha value is -1.40. The Bertz CT molecular complexity index is 390. The number of hydrogen-bond donors (Lipinski definition) is 2. The van der Waals surface area contributed by atoms with E-state index in [0.717, 1.165) is 13.0 Å². The van der Waals surface area contributed by atoms with E-state index in [1.54, 1.807) is 11.4 Å². The minimum absolute atomic E-state index is 0.165. The van der Waals surface area contributed by atoms with Crippen molar-refractivity contribution in [2.45, 2.75) is 13.3 Å². The summed E-state index contributed by atoms with van der Waals surface area (Å²) >= 11 is 1.24. The van der Waals surface area contributed by atoms with Crippen LogP contribution in [0, 0.1) is 0 Å². The zero-order chi connectivity index (χ0) is 12.7. The fourth-order valence-electron chi connectivity index (χ4n) is 1.23. The number of ether oxygens (including phenoxy) is 1. The summed E-state index contributed by atoms with van der Waals surface area (Å²) in [5, 5.41) is 7.40. The van der Waals surface area contributed by atoms with Crippen molar-refractivity contribution in [1.82, 2.24) is 5.32 Å². The summed E-state index contributed by atoms with van der Waals surface area (Å²) in [5.74, 6) is -0.598. The van der Waals surface area contributed by atoms with Crippen molar-refractivity contribution in [1.29, 1.82) is 0 Å². The van der Waals surface area contributed by atoms with Crippen molar-refractivity contribution in [2.75, 3.05) is 25.5 Å². The molecule has 0 bridgehead atoms. The summed E-state index contributed by atoms with van der Waals surface area (Å²) in [7, 11) is 1.32. The van der Waals surface area contributed by atoms with E-state index in [4.69, 9.17) is 0 Å². The number of methoxy groups -OCH3 is 1. The molecule has 0 aliphatic carbocycles. The highest BCUT2D eigenvalue weighted by Crippen LogP contribution is 2.22. The van der Waals surface area contributed by atoms with Gasteiger partial charge in [-0.25, -0.2) is 4.79 Å². The molecule has 0 radical (unpaired) electrons. The van der Waals surface area contributed by atoms with Gasteiger partial charge in [0.05, 0.1) is 19.3 Å². The van der Waals surface area contributed by atoms with Gasteiger partial charge in [0, 0.05) is 0 Å². The van der Waals surface area contributed by atoms with Crippen LogP contribution in [0.1, 0.15) is 23.0 Å².